The van der Waals surface area contributed by atoms with Gasteiger partial charge in [0, 0.05) is 45.0 Å². The van der Waals surface area contributed by atoms with Crippen molar-refractivity contribution in [1.29, 1.82) is 0 Å². The summed E-state index contributed by atoms with van der Waals surface area (Å²) < 4.78 is 120. The Morgan fingerprint density at radius 2 is 1.21 bits per heavy atom. The largest absolute Gasteiger partial charge is 2.00 e. The van der Waals surface area contributed by atoms with E-state index >= 15 is 0 Å². The maximum atomic E-state index is 9.36. The Morgan fingerprint density at radius 3 is 1.89 bits per heavy atom. The van der Waals surface area contributed by atoms with Crippen LogP contribution < -0.4 is 13.9 Å². The van der Waals surface area contributed by atoms with Gasteiger partial charge in [-0.3, -0.25) is 0 Å². The molecule has 0 atom stereocenters. The van der Waals surface area contributed by atoms with Crippen LogP contribution in [0.25, 0.3) is 61.0 Å². The summed E-state index contributed by atoms with van der Waals surface area (Å²) in [6.45, 7) is 25.6. The molecule has 0 unspecified atom stereocenters. The van der Waals surface area contributed by atoms with E-state index in [1.54, 1.807) is 29.0 Å². The number of benzene rings is 8. The number of ether oxygens (including phenoxy) is 1. The zero-order valence-electron chi connectivity index (χ0n) is 60.4. The monoisotopic (exact) mass is 1250 g/mol. The molecule has 0 fully saturated rings. The number of hydrogen-bond donors (Lipinski definition) is 0. The van der Waals surface area contributed by atoms with Crippen molar-refractivity contribution < 1.29 is 42.3 Å². The first-order valence-corrected chi connectivity index (χ1v) is 27.6. The summed E-state index contributed by atoms with van der Waals surface area (Å²) in [5.41, 5.74) is 10.3. The molecule has 10 aromatic rings. The minimum atomic E-state index is -2.63. The Balaban J connectivity index is 0.00000884. The van der Waals surface area contributed by atoms with E-state index in [9.17, 15) is 5.48 Å². The van der Waals surface area contributed by atoms with Crippen LogP contribution in [0.15, 0.2) is 170 Å². The quantitative estimate of drug-likeness (QED) is 0.112. The number of fused-ring (bicyclic) bond motifs is 5. The molecule has 12 rings (SSSR count). The minimum absolute atomic E-state index is 0. The number of para-hydroxylation sites is 4. The van der Waals surface area contributed by atoms with Gasteiger partial charge >= 0.3 is 27.1 Å². The molecule has 0 saturated heterocycles. The Kier molecular flexibility index (Phi) is 10.6. The van der Waals surface area contributed by atoms with E-state index in [1.165, 1.54) is 11.6 Å². The van der Waals surface area contributed by atoms with Gasteiger partial charge in [0.15, 0.2) is 0 Å². The van der Waals surface area contributed by atoms with Crippen LogP contribution in [-0.2, 0) is 48.1 Å². The third-order valence-corrected chi connectivity index (χ3v) is 16.3. The van der Waals surface area contributed by atoms with Crippen LogP contribution in [0.3, 0.4) is 0 Å². The molecule has 0 bridgehead atoms. The molecule has 0 N–H and O–H groups in total. The summed E-state index contributed by atoms with van der Waals surface area (Å²) in [5.74, 6) is 0.584. The zero-order chi connectivity index (χ0) is 66.6. The van der Waals surface area contributed by atoms with Crippen molar-refractivity contribution in [3.05, 3.63) is 215 Å². The maximum Gasteiger partial charge on any atom is 2.00 e. The number of aryl methyl sites for hydroxylation is 1. The molecular formula is C75H74N4OPt+2. The molecule has 0 radical (unpaired) electrons. The van der Waals surface area contributed by atoms with Gasteiger partial charge in [0.1, 0.15) is 11.5 Å². The van der Waals surface area contributed by atoms with Crippen LogP contribution in [0.5, 0.6) is 11.5 Å². The standard InChI is InChI=1S/C75H74N4O.Pt/c1-48-37-69(76-46-62(48)50-31-34-63-64(40-50)75(13,14)36-35-74(63,11)12)79-65-28-19-18-25-60(65)61-33-32-56(45-68(61)79)80-57-43-54(73(8,9)10)42-55(44-57)77-47-78(67-30-21-20-29-66(67)77)70-58(49-23-16-15-17-24-49)26-22-27-59(70)51-38-52(71(2,3)4)41-53(39-51)72(5,6)7;/h15-34,37-43,46H,35-36H2,1-14H3;/q;+2/i1D3,15D,16D,17D,18D,19D,23D,24D,25D,28D;. The molecule has 1 aliphatic carbocycles. The molecule has 1 aliphatic heterocycles. The second-order valence-corrected chi connectivity index (χ2v) is 26.0. The first-order chi connectivity index (χ1) is 42.9. The van der Waals surface area contributed by atoms with Gasteiger partial charge in [-0.15, -0.1) is 29.1 Å². The van der Waals surface area contributed by atoms with Gasteiger partial charge in [0.25, 0.3) is 11.4 Å². The van der Waals surface area contributed by atoms with Crippen LogP contribution in [0.2, 0.25) is 0 Å². The molecule has 5 nitrogen and oxygen atoms in total. The Labute approximate surface area is 511 Å². The van der Waals surface area contributed by atoms with Gasteiger partial charge in [0.2, 0.25) is 5.69 Å². The van der Waals surface area contributed by atoms with E-state index < -0.39 is 42.5 Å². The second kappa shape index (κ2) is 20.2. The van der Waals surface area contributed by atoms with Gasteiger partial charge in [-0.05, 0) is 125 Å². The number of aromatic nitrogens is 2. The smallest absolute Gasteiger partial charge is 0.509 e. The molecule has 0 saturated carbocycles. The Bertz CT molecular complexity index is 4820. The van der Waals surface area contributed by atoms with Gasteiger partial charge in [0.05, 0.1) is 23.5 Å². The van der Waals surface area contributed by atoms with Gasteiger partial charge in [-0.2, -0.15) is 6.07 Å². The molecule has 81 heavy (non-hydrogen) atoms. The SMILES string of the molecule is [2H]c1c([2H])c([2H])c(-c2cccc(-c3cc(C(C)(C)C)cc(C(C)(C)C)c3)c2[N+]2=C=[N+](c3[c-]c(Oc4[c-]c5c(cc4)c4c([2H])c([2H])c([2H])c([2H])c4n5-c4cc(C([2H])([2H])[2H])c(-c5ccc6c(c5)C(C)(C)CCC6(C)C)cn4)cc(C(C)(C)C)c3)c3ccccc32)c([2H])c1[2H].[Pt+2]. The van der Waals surface area contributed by atoms with Crippen LogP contribution in [-0.4, -0.2) is 15.6 Å². The molecule has 6 heteroatoms. The Morgan fingerprint density at radius 1 is 0.580 bits per heavy atom. The molecule has 0 spiro atoms. The van der Waals surface area contributed by atoms with Crippen LogP contribution >= 0.6 is 0 Å². The van der Waals surface area contributed by atoms with Crippen molar-refractivity contribution in [3.8, 4) is 50.7 Å². The molecule has 2 aromatic heterocycles. The summed E-state index contributed by atoms with van der Waals surface area (Å²) in [6, 6.07) is 42.0. The van der Waals surface area contributed by atoms with Gasteiger partial charge in [-0.25, -0.2) is 4.98 Å². The Hall–Kier alpha value is -7.42. The van der Waals surface area contributed by atoms with Crippen molar-refractivity contribution in [3.63, 3.8) is 0 Å². The summed E-state index contributed by atoms with van der Waals surface area (Å²) in [4.78, 5) is 4.95. The maximum absolute atomic E-state index is 9.36. The molecule has 0 amide bonds. The van der Waals surface area contributed by atoms with E-state index in [0.717, 1.165) is 46.2 Å². The predicted octanol–water partition coefficient (Wildman–Crippen LogP) is 20.0. The number of pyridine rings is 1. The topological polar surface area (TPSA) is 33.1 Å². The van der Waals surface area contributed by atoms with E-state index in [2.05, 4.69) is 138 Å². The van der Waals surface area contributed by atoms with Crippen molar-refractivity contribution in [2.75, 3.05) is 0 Å². The molecule has 3 heterocycles. The average Bonchev–Trinajstić information content (AvgIpc) is 1.66. The summed E-state index contributed by atoms with van der Waals surface area (Å²) in [5, 5.41) is 0.615. The number of nitrogens with zero attached hydrogens (tertiary/aromatic N) is 4. The molecule has 2 aliphatic rings. The van der Waals surface area contributed by atoms with E-state index in [1.807, 2.05) is 63.7 Å². The third kappa shape index (κ3) is 10.2. The van der Waals surface area contributed by atoms with E-state index in [0.29, 0.717) is 44.8 Å². The summed E-state index contributed by atoms with van der Waals surface area (Å²) in [6.07, 6.45) is 3.53. The summed E-state index contributed by atoms with van der Waals surface area (Å²) in [7, 11) is 0. The fourth-order valence-electron chi connectivity index (χ4n) is 11.4. The molecular weight excluding hydrogens is 1170 g/mol. The van der Waals surface area contributed by atoms with Crippen molar-refractivity contribution in [2.24, 2.45) is 0 Å². The summed E-state index contributed by atoms with van der Waals surface area (Å²) >= 11 is 0. The normalized spacial score (nSPS) is 17.0. The van der Waals surface area contributed by atoms with Crippen LogP contribution in [0, 0.1) is 19.0 Å². The van der Waals surface area contributed by atoms with Crippen molar-refractivity contribution in [2.45, 2.75) is 137 Å². The number of rotatable bonds is 8. The predicted molar refractivity (Wildman–Crippen MR) is 336 cm³/mol. The zero-order valence-corrected chi connectivity index (χ0v) is 50.7. The minimum Gasteiger partial charge on any atom is -0.509 e. The fraction of sp³-hybridized carbons (Fsp3) is 0.280. The first-order valence-electron chi connectivity index (χ1n) is 33.6. The third-order valence-electron chi connectivity index (χ3n) is 16.3. The average molecular weight is 1250 g/mol. The van der Waals surface area contributed by atoms with E-state index in [-0.39, 0.29) is 112 Å². The van der Waals surface area contributed by atoms with Crippen molar-refractivity contribution in [1.82, 2.24) is 18.7 Å². The second-order valence-electron chi connectivity index (χ2n) is 26.0. The van der Waals surface area contributed by atoms with E-state index in [4.69, 9.17) is 20.7 Å². The van der Waals surface area contributed by atoms with Crippen molar-refractivity contribution >= 4 is 50.6 Å². The molecule has 8 aromatic carbocycles. The molecule has 408 valence electrons. The van der Waals surface area contributed by atoms with Crippen LogP contribution in [0.4, 0.5) is 22.7 Å². The fourth-order valence-corrected chi connectivity index (χ4v) is 11.4. The first kappa shape index (κ1) is 42.4. The number of hydrogen-bond acceptors (Lipinski definition) is 2. The van der Waals surface area contributed by atoms with Gasteiger partial charge < -0.3 is 9.30 Å². The van der Waals surface area contributed by atoms with Gasteiger partial charge in [-0.1, -0.05) is 215 Å². The van der Waals surface area contributed by atoms with Crippen LogP contribution in [0.1, 0.15) is 153 Å².